The van der Waals surface area contributed by atoms with E-state index >= 15 is 0 Å². The molecule has 0 saturated carbocycles. The molecule has 2 aliphatic heterocycles. The van der Waals surface area contributed by atoms with Crippen molar-refractivity contribution in [2.24, 2.45) is 0 Å². The van der Waals surface area contributed by atoms with Gasteiger partial charge in [-0.05, 0) is 59.2 Å². The zero-order valence-electron chi connectivity index (χ0n) is 15.6. The molecule has 0 bridgehead atoms. The van der Waals surface area contributed by atoms with Crippen LogP contribution in [0.1, 0.15) is 54.2 Å². The van der Waals surface area contributed by atoms with Crippen molar-refractivity contribution in [2.45, 2.75) is 45.4 Å². The monoisotopic (exact) mass is 348 g/mol. The molecule has 0 saturated heterocycles. The lowest BCUT2D eigenvalue weighted by atomic mass is 9.87. The predicted octanol–water partition coefficient (Wildman–Crippen LogP) is 4.07. The molecule has 1 N–H and O–H groups in total. The molecule has 0 unspecified atom stereocenters. The molecule has 0 atom stereocenters. The highest BCUT2D eigenvalue weighted by atomic mass is 16.2. The minimum Gasteiger partial charge on any atom is -0.322 e. The Morgan fingerprint density at radius 1 is 1.00 bits per heavy atom. The number of benzene rings is 2. The first-order chi connectivity index (χ1) is 12.3. The van der Waals surface area contributed by atoms with Crippen LogP contribution in [-0.2, 0) is 23.1 Å². The van der Waals surface area contributed by atoms with E-state index in [1.165, 1.54) is 5.56 Å². The molecule has 0 aromatic heterocycles. The van der Waals surface area contributed by atoms with E-state index in [0.717, 1.165) is 41.9 Å². The molecule has 4 rings (SSSR count). The second-order valence-electron chi connectivity index (χ2n) is 8.22. The van der Waals surface area contributed by atoms with Gasteiger partial charge in [0.1, 0.15) is 0 Å². The maximum Gasteiger partial charge on any atom is 0.255 e. The first kappa shape index (κ1) is 16.8. The van der Waals surface area contributed by atoms with Gasteiger partial charge in [-0.2, -0.15) is 0 Å². The second kappa shape index (κ2) is 5.97. The van der Waals surface area contributed by atoms with Crippen LogP contribution in [0.25, 0.3) is 0 Å². The van der Waals surface area contributed by atoms with Gasteiger partial charge in [0.05, 0.1) is 5.69 Å². The summed E-state index contributed by atoms with van der Waals surface area (Å²) in [4.78, 5) is 26.6. The summed E-state index contributed by atoms with van der Waals surface area (Å²) >= 11 is 0. The van der Waals surface area contributed by atoms with E-state index in [9.17, 15) is 9.59 Å². The normalized spacial score (nSPS) is 15.8. The average Bonchev–Trinajstić information content (AvgIpc) is 3.03. The van der Waals surface area contributed by atoms with Crippen LogP contribution in [0.4, 0.5) is 11.4 Å². The highest BCUT2D eigenvalue weighted by Gasteiger charge is 2.32. The minimum absolute atomic E-state index is 0.0918. The van der Waals surface area contributed by atoms with Crippen LogP contribution in [0, 0.1) is 0 Å². The number of nitrogens with one attached hydrogen (secondary N) is 1. The van der Waals surface area contributed by atoms with E-state index in [1.54, 1.807) is 0 Å². The Bertz CT molecular complexity index is 892. The molecule has 0 fully saturated rings. The smallest absolute Gasteiger partial charge is 0.255 e. The fourth-order valence-corrected chi connectivity index (χ4v) is 3.85. The molecule has 2 aliphatic rings. The van der Waals surface area contributed by atoms with Crippen LogP contribution in [-0.4, -0.2) is 18.4 Å². The number of nitrogens with zero attached hydrogens (tertiary/aromatic N) is 1. The topological polar surface area (TPSA) is 49.4 Å². The van der Waals surface area contributed by atoms with Crippen LogP contribution in [0.5, 0.6) is 0 Å². The fourth-order valence-electron chi connectivity index (χ4n) is 3.85. The fraction of sp³-hybridized carbons (Fsp3) is 0.364. The van der Waals surface area contributed by atoms with Crippen molar-refractivity contribution in [1.29, 1.82) is 0 Å². The molecular formula is C22H24N2O2. The van der Waals surface area contributed by atoms with Crippen LogP contribution >= 0.6 is 0 Å². The standard InChI is InChI=1S/C22H24N2O2/c1-22(2,3)17-5-7-18(8-6-17)23-21(26)16-12-14-4-9-19(25)24-11-10-15(13-16)20(14)24/h5-8,12-13H,4,9-11H2,1-3H3,(H,23,26). The van der Waals surface area contributed by atoms with Crippen molar-refractivity contribution >= 4 is 23.2 Å². The van der Waals surface area contributed by atoms with E-state index < -0.39 is 0 Å². The molecule has 26 heavy (non-hydrogen) atoms. The van der Waals surface area contributed by atoms with Crippen LogP contribution in [0.3, 0.4) is 0 Å². The molecule has 4 nitrogen and oxygen atoms in total. The molecule has 0 radical (unpaired) electrons. The van der Waals surface area contributed by atoms with Crippen molar-refractivity contribution in [1.82, 2.24) is 0 Å². The number of carbonyl (C=O) groups is 2. The maximum absolute atomic E-state index is 12.7. The maximum atomic E-state index is 12.7. The summed E-state index contributed by atoms with van der Waals surface area (Å²) in [5.41, 5.74) is 6.09. The highest BCUT2D eigenvalue weighted by Crippen LogP contribution is 2.37. The quantitative estimate of drug-likeness (QED) is 0.889. The Kier molecular flexibility index (Phi) is 3.87. The average molecular weight is 348 g/mol. The van der Waals surface area contributed by atoms with Gasteiger partial charge in [-0.15, -0.1) is 0 Å². The minimum atomic E-state index is -0.0945. The third kappa shape index (κ3) is 2.90. The summed E-state index contributed by atoms with van der Waals surface area (Å²) in [5.74, 6) is 0.107. The largest absolute Gasteiger partial charge is 0.322 e. The van der Waals surface area contributed by atoms with Crippen molar-refractivity contribution in [3.63, 3.8) is 0 Å². The van der Waals surface area contributed by atoms with Crippen molar-refractivity contribution in [3.05, 3.63) is 58.7 Å². The second-order valence-corrected chi connectivity index (χ2v) is 8.22. The Morgan fingerprint density at radius 2 is 1.65 bits per heavy atom. The van der Waals surface area contributed by atoms with Gasteiger partial charge in [0.2, 0.25) is 5.91 Å². The molecule has 2 aromatic carbocycles. The van der Waals surface area contributed by atoms with Crippen LogP contribution < -0.4 is 10.2 Å². The number of hydrogen-bond donors (Lipinski definition) is 1. The summed E-state index contributed by atoms with van der Waals surface area (Å²) in [7, 11) is 0. The van der Waals surface area contributed by atoms with Gasteiger partial charge < -0.3 is 10.2 Å². The molecular weight excluding hydrogens is 324 g/mol. The molecule has 2 heterocycles. The first-order valence-corrected chi connectivity index (χ1v) is 9.21. The third-order valence-electron chi connectivity index (χ3n) is 5.32. The van der Waals surface area contributed by atoms with E-state index in [4.69, 9.17) is 0 Å². The highest BCUT2D eigenvalue weighted by molar-refractivity contribution is 6.06. The van der Waals surface area contributed by atoms with Gasteiger partial charge in [0, 0.05) is 24.2 Å². The Hall–Kier alpha value is -2.62. The Morgan fingerprint density at radius 3 is 2.31 bits per heavy atom. The number of hydrogen-bond acceptors (Lipinski definition) is 2. The molecule has 0 aliphatic carbocycles. The molecule has 4 heteroatoms. The van der Waals surface area contributed by atoms with Gasteiger partial charge in [-0.3, -0.25) is 9.59 Å². The lowest BCUT2D eigenvalue weighted by Crippen LogP contribution is -2.33. The van der Waals surface area contributed by atoms with Gasteiger partial charge in [0.25, 0.3) is 5.91 Å². The SMILES string of the molecule is CC(C)(C)c1ccc(NC(=O)c2cc3c4c(c2)CCN4C(=O)CC3)cc1. The lowest BCUT2D eigenvalue weighted by molar-refractivity contribution is -0.118. The van der Waals surface area contributed by atoms with E-state index in [1.807, 2.05) is 29.2 Å². The summed E-state index contributed by atoms with van der Waals surface area (Å²) in [6.45, 7) is 7.25. The van der Waals surface area contributed by atoms with Gasteiger partial charge in [-0.1, -0.05) is 32.9 Å². The Balaban J connectivity index is 1.57. The lowest BCUT2D eigenvalue weighted by Gasteiger charge is -2.25. The van der Waals surface area contributed by atoms with E-state index in [-0.39, 0.29) is 17.2 Å². The van der Waals surface area contributed by atoms with Crippen molar-refractivity contribution in [2.75, 3.05) is 16.8 Å². The number of amides is 2. The molecule has 0 spiro atoms. The summed E-state index contributed by atoms with van der Waals surface area (Å²) in [6, 6.07) is 11.9. The first-order valence-electron chi connectivity index (χ1n) is 9.21. The number of carbonyl (C=O) groups excluding carboxylic acids is 2. The summed E-state index contributed by atoms with van der Waals surface area (Å²) in [5, 5.41) is 3.00. The van der Waals surface area contributed by atoms with Gasteiger partial charge >= 0.3 is 0 Å². The van der Waals surface area contributed by atoms with Crippen molar-refractivity contribution < 1.29 is 9.59 Å². The van der Waals surface area contributed by atoms with E-state index in [2.05, 4.69) is 38.2 Å². The predicted molar refractivity (Wildman–Crippen MR) is 104 cm³/mol. The molecule has 134 valence electrons. The number of aryl methyl sites for hydroxylation is 1. The van der Waals surface area contributed by atoms with Gasteiger partial charge in [-0.25, -0.2) is 0 Å². The molecule has 2 aromatic rings. The van der Waals surface area contributed by atoms with E-state index in [0.29, 0.717) is 12.0 Å². The summed E-state index contributed by atoms with van der Waals surface area (Å²) < 4.78 is 0. The number of anilines is 2. The van der Waals surface area contributed by atoms with Gasteiger partial charge in [0.15, 0.2) is 0 Å². The third-order valence-corrected chi connectivity index (χ3v) is 5.32. The van der Waals surface area contributed by atoms with Crippen molar-refractivity contribution in [3.8, 4) is 0 Å². The van der Waals surface area contributed by atoms with Crippen LogP contribution in [0.15, 0.2) is 36.4 Å². The zero-order valence-corrected chi connectivity index (χ0v) is 15.6. The Labute approximate surface area is 154 Å². The summed E-state index contributed by atoms with van der Waals surface area (Å²) in [6.07, 6.45) is 2.08. The number of rotatable bonds is 2. The van der Waals surface area contributed by atoms with Crippen LogP contribution in [0.2, 0.25) is 0 Å². The molecule has 2 amide bonds. The zero-order chi connectivity index (χ0) is 18.5.